The van der Waals surface area contributed by atoms with Crippen molar-refractivity contribution in [2.45, 2.75) is 24.1 Å². The van der Waals surface area contributed by atoms with Gasteiger partial charge in [-0.25, -0.2) is 4.79 Å². The summed E-state index contributed by atoms with van der Waals surface area (Å²) in [5.74, 6) is 0.621. The number of hydrogen-bond donors (Lipinski definition) is 1. The summed E-state index contributed by atoms with van der Waals surface area (Å²) in [6.07, 6.45) is 9.66. The molecule has 4 rings (SSSR count). The summed E-state index contributed by atoms with van der Waals surface area (Å²) in [7, 11) is 3.38. The van der Waals surface area contributed by atoms with Crippen LogP contribution in [-0.4, -0.2) is 47.6 Å². The molecule has 0 saturated heterocycles. The zero-order valence-electron chi connectivity index (χ0n) is 15.3. The molecular formula is C21H21N2O3S+. The summed E-state index contributed by atoms with van der Waals surface area (Å²) >= 11 is 1.50. The fourth-order valence-electron chi connectivity index (χ4n) is 3.05. The highest BCUT2D eigenvalue weighted by molar-refractivity contribution is 8.05. The maximum absolute atomic E-state index is 12.8. The van der Waals surface area contributed by atoms with Crippen molar-refractivity contribution in [1.29, 1.82) is 0 Å². The molecule has 1 aliphatic heterocycles. The van der Waals surface area contributed by atoms with Gasteiger partial charge in [0.15, 0.2) is 0 Å². The van der Waals surface area contributed by atoms with Crippen molar-refractivity contribution in [3.8, 4) is 5.75 Å². The fourth-order valence-corrected chi connectivity index (χ4v) is 4.27. The first kappa shape index (κ1) is 17.8. The maximum Gasteiger partial charge on any atom is 0.425 e. The Morgan fingerprint density at radius 3 is 2.93 bits per heavy atom. The topological polar surface area (TPSA) is 58.4 Å². The predicted molar refractivity (Wildman–Crippen MR) is 107 cm³/mol. The molecule has 1 saturated carbocycles. The molecule has 2 aliphatic carbocycles. The standard InChI is InChI=1S/C21H20N2O3S/c1-23-17-12-14(20(24)22-15-7-8-15)6-9-18(17)27-19(21(23)25)11-13-4-3-5-16(10-13)26-2/h3-6,9-12,15,18H,7-8H2,1-2H3/p+1/b19-11-. The molecule has 3 aliphatic rings. The fraction of sp³-hybridized carbons (Fsp3) is 0.286. The van der Waals surface area contributed by atoms with Crippen molar-refractivity contribution in [2.75, 3.05) is 14.2 Å². The Balaban J connectivity index is 1.61. The van der Waals surface area contributed by atoms with Crippen LogP contribution in [0.15, 0.2) is 53.0 Å². The lowest BCUT2D eigenvalue weighted by Gasteiger charge is -2.21. The molecule has 2 amide bonds. The molecule has 1 N–H and O–H groups in total. The van der Waals surface area contributed by atoms with Crippen LogP contribution in [0.2, 0.25) is 0 Å². The Bertz CT molecular complexity index is 939. The number of allylic oxidation sites excluding steroid dienone is 1. The Morgan fingerprint density at radius 2 is 2.19 bits per heavy atom. The van der Waals surface area contributed by atoms with Crippen LogP contribution in [0.3, 0.4) is 0 Å². The van der Waals surface area contributed by atoms with Gasteiger partial charge in [-0.1, -0.05) is 36.0 Å². The van der Waals surface area contributed by atoms with Crippen LogP contribution in [0, 0.1) is 0 Å². The lowest BCUT2D eigenvalue weighted by molar-refractivity contribution is -0.413. The van der Waals surface area contributed by atoms with Gasteiger partial charge in [-0.15, -0.1) is 0 Å². The van der Waals surface area contributed by atoms with Gasteiger partial charge in [0, 0.05) is 17.7 Å². The number of nitrogens with one attached hydrogen (secondary N) is 1. The van der Waals surface area contributed by atoms with E-state index in [9.17, 15) is 9.59 Å². The monoisotopic (exact) mass is 381 g/mol. The summed E-state index contributed by atoms with van der Waals surface area (Å²) in [6, 6.07) is 7.93. The van der Waals surface area contributed by atoms with Crippen molar-refractivity contribution in [3.05, 3.63) is 58.5 Å². The smallest absolute Gasteiger partial charge is 0.425 e. The van der Waals surface area contributed by atoms with E-state index in [4.69, 9.17) is 4.74 Å². The molecule has 5 nitrogen and oxygen atoms in total. The van der Waals surface area contributed by atoms with E-state index in [0.717, 1.165) is 29.9 Å². The van der Waals surface area contributed by atoms with Crippen molar-refractivity contribution >= 4 is 35.4 Å². The van der Waals surface area contributed by atoms with E-state index in [-0.39, 0.29) is 17.1 Å². The van der Waals surface area contributed by atoms with Crippen LogP contribution < -0.4 is 10.1 Å². The average molecular weight is 381 g/mol. The van der Waals surface area contributed by atoms with Gasteiger partial charge in [-0.05, 0) is 36.6 Å². The summed E-state index contributed by atoms with van der Waals surface area (Å²) in [6.45, 7) is 0. The van der Waals surface area contributed by atoms with Crippen molar-refractivity contribution in [3.63, 3.8) is 0 Å². The number of thioether (sulfide) groups is 1. The van der Waals surface area contributed by atoms with E-state index < -0.39 is 0 Å². The van der Waals surface area contributed by atoms with Crippen LogP contribution in [0.4, 0.5) is 0 Å². The Hall–Kier alpha value is -2.60. The SMILES string of the molecule is COc1cccc(/C=C2\SC3C=CC(C(=O)NC4CC4)=CC3=[N+](C)C2=O)c1. The molecule has 0 radical (unpaired) electrons. The third kappa shape index (κ3) is 3.76. The molecule has 6 heteroatoms. The average Bonchev–Trinajstić information content (AvgIpc) is 3.49. The Kier molecular flexibility index (Phi) is 4.74. The number of carbonyl (C=O) groups excluding carboxylic acids is 2. The van der Waals surface area contributed by atoms with Gasteiger partial charge in [-0.3, -0.25) is 4.79 Å². The molecule has 138 valence electrons. The molecule has 1 aromatic carbocycles. The van der Waals surface area contributed by atoms with E-state index in [2.05, 4.69) is 5.32 Å². The molecule has 0 spiro atoms. The predicted octanol–water partition coefficient (Wildman–Crippen LogP) is 2.54. The largest absolute Gasteiger partial charge is 0.497 e. The molecule has 0 bridgehead atoms. The Labute approximate surface area is 162 Å². The molecular weight excluding hydrogens is 360 g/mol. The van der Waals surface area contributed by atoms with Gasteiger partial charge < -0.3 is 10.1 Å². The lowest BCUT2D eigenvalue weighted by atomic mass is 10.0. The second kappa shape index (κ2) is 7.19. The second-order valence-electron chi connectivity index (χ2n) is 6.82. The van der Waals surface area contributed by atoms with E-state index in [0.29, 0.717) is 16.5 Å². The highest BCUT2D eigenvalue weighted by atomic mass is 32.2. The van der Waals surface area contributed by atoms with E-state index in [1.807, 2.05) is 48.6 Å². The molecule has 27 heavy (non-hydrogen) atoms. The second-order valence-corrected chi connectivity index (χ2v) is 8.00. The van der Waals surface area contributed by atoms with Gasteiger partial charge in [0.1, 0.15) is 23.0 Å². The van der Waals surface area contributed by atoms with Gasteiger partial charge in [0.05, 0.1) is 7.11 Å². The van der Waals surface area contributed by atoms with Crippen LogP contribution >= 0.6 is 11.8 Å². The first-order valence-corrected chi connectivity index (χ1v) is 9.81. The van der Waals surface area contributed by atoms with Gasteiger partial charge >= 0.3 is 5.91 Å². The number of benzene rings is 1. The molecule has 1 fully saturated rings. The zero-order valence-corrected chi connectivity index (χ0v) is 16.1. The highest BCUT2D eigenvalue weighted by Gasteiger charge is 2.38. The minimum Gasteiger partial charge on any atom is -0.497 e. The maximum atomic E-state index is 12.8. The lowest BCUT2D eigenvalue weighted by Crippen LogP contribution is -2.37. The van der Waals surface area contributed by atoms with E-state index in [1.54, 1.807) is 18.7 Å². The number of methoxy groups -OCH3 is 1. The number of ether oxygens (including phenoxy) is 1. The molecule has 1 aromatic rings. The van der Waals surface area contributed by atoms with Crippen LogP contribution in [0.5, 0.6) is 5.75 Å². The third-order valence-electron chi connectivity index (χ3n) is 4.77. The van der Waals surface area contributed by atoms with Crippen LogP contribution in [0.1, 0.15) is 18.4 Å². The number of amides is 2. The van der Waals surface area contributed by atoms with Gasteiger partial charge in [-0.2, -0.15) is 4.58 Å². The number of fused-ring (bicyclic) bond motifs is 1. The summed E-state index contributed by atoms with van der Waals surface area (Å²) in [5.41, 5.74) is 2.37. The molecule has 0 aromatic heterocycles. The number of rotatable bonds is 4. The van der Waals surface area contributed by atoms with Crippen molar-refractivity contribution < 1.29 is 18.9 Å². The first-order valence-electron chi connectivity index (χ1n) is 8.93. The van der Waals surface area contributed by atoms with Gasteiger partial charge in [0.2, 0.25) is 5.71 Å². The summed E-state index contributed by atoms with van der Waals surface area (Å²) in [5, 5.41) is 3.01. The van der Waals surface area contributed by atoms with Crippen LogP contribution in [-0.2, 0) is 9.59 Å². The van der Waals surface area contributed by atoms with E-state index >= 15 is 0 Å². The normalized spacial score (nSPS) is 23.2. The molecule has 1 unspecified atom stereocenters. The number of nitrogens with zero attached hydrogens (tertiary/aromatic N) is 1. The molecule has 1 heterocycles. The summed E-state index contributed by atoms with van der Waals surface area (Å²) < 4.78 is 6.89. The first-order chi connectivity index (χ1) is 13.0. The number of hydrogen-bond acceptors (Lipinski definition) is 4. The summed E-state index contributed by atoms with van der Waals surface area (Å²) in [4.78, 5) is 25.8. The van der Waals surface area contributed by atoms with Crippen molar-refractivity contribution in [1.82, 2.24) is 5.32 Å². The third-order valence-corrected chi connectivity index (χ3v) is 5.97. The number of carbonyl (C=O) groups is 2. The van der Waals surface area contributed by atoms with Gasteiger partial charge in [0.25, 0.3) is 5.91 Å². The van der Waals surface area contributed by atoms with Crippen LogP contribution in [0.25, 0.3) is 6.08 Å². The number of likely N-dealkylation sites (N-methyl/N-ethyl adjacent to an activating group) is 1. The minimum atomic E-state index is -0.0671. The quantitative estimate of drug-likeness (QED) is 0.643. The van der Waals surface area contributed by atoms with Crippen molar-refractivity contribution in [2.24, 2.45) is 0 Å². The van der Waals surface area contributed by atoms with E-state index in [1.165, 1.54) is 11.8 Å². The molecule has 1 atom stereocenters. The highest BCUT2D eigenvalue weighted by Crippen LogP contribution is 2.34. The Morgan fingerprint density at radius 1 is 1.37 bits per heavy atom. The zero-order chi connectivity index (χ0) is 19.0. The minimum absolute atomic E-state index is 0.0158.